The van der Waals surface area contributed by atoms with Gasteiger partial charge in [-0.1, -0.05) is 0 Å². The molecule has 1 amide bonds. The molecule has 128 valence electrons. The average molecular weight is 330 g/mol. The van der Waals surface area contributed by atoms with Gasteiger partial charge in [0.1, 0.15) is 0 Å². The van der Waals surface area contributed by atoms with E-state index in [9.17, 15) is 9.59 Å². The van der Waals surface area contributed by atoms with E-state index in [0.29, 0.717) is 18.5 Å². The van der Waals surface area contributed by atoms with Crippen molar-refractivity contribution in [1.82, 2.24) is 19.5 Å². The summed E-state index contributed by atoms with van der Waals surface area (Å²) < 4.78 is 1.69. The summed E-state index contributed by atoms with van der Waals surface area (Å²) in [5.41, 5.74) is 2.88. The second-order valence-corrected chi connectivity index (χ2v) is 6.39. The maximum atomic E-state index is 13.0. The van der Waals surface area contributed by atoms with Crippen LogP contribution in [0.2, 0.25) is 0 Å². The molecule has 0 aromatic carbocycles. The molecule has 3 rings (SSSR count). The van der Waals surface area contributed by atoms with Crippen molar-refractivity contribution >= 4 is 17.5 Å². The molecule has 1 fully saturated rings. The molecule has 2 aromatic heterocycles. The van der Waals surface area contributed by atoms with Crippen molar-refractivity contribution in [3.05, 3.63) is 29.2 Å². The summed E-state index contributed by atoms with van der Waals surface area (Å²) in [5, 5.41) is 13.3. The number of fused-ring (bicyclic) bond motifs is 1. The van der Waals surface area contributed by atoms with Crippen molar-refractivity contribution < 1.29 is 14.7 Å². The van der Waals surface area contributed by atoms with Gasteiger partial charge in [0.2, 0.25) is 0 Å². The normalized spacial score (nSPS) is 18.1. The molecule has 7 heteroatoms. The Hall–Kier alpha value is -2.44. The molecule has 24 heavy (non-hydrogen) atoms. The predicted octanol–water partition coefficient (Wildman–Crippen LogP) is 2.21. The fraction of sp³-hybridized carbons (Fsp3) is 0.529. The van der Waals surface area contributed by atoms with Gasteiger partial charge < -0.3 is 10.0 Å². The zero-order valence-electron chi connectivity index (χ0n) is 14.0. The Morgan fingerprint density at radius 1 is 1.33 bits per heavy atom. The molecule has 1 unspecified atom stereocenters. The minimum Gasteiger partial charge on any atom is -0.481 e. The van der Waals surface area contributed by atoms with Crippen LogP contribution in [0.25, 0.3) is 5.65 Å². The van der Waals surface area contributed by atoms with Gasteiger partial charge in [-0.3, -0.25) is 9.59 Å². The first-order valence-electron chi connectivity index (χ1n) is 8.32. The summed E-state index contributed by atoms with van der Waals surface area (Å²) in [6.07, 6.45) is 5.03. The van der Waals surface area contributed by atoms with Crippen molar-refractivity contribution in [2.24, 2.45) is 0 Å². The van der Waals surface area contributed by atoms with E-state index >= 15 is 0 Å². The Kier molecular flexibility index (Phi) is 4.51. The number of aromatic nitrogens is 3. The van der Waals surface area contributed by atoms with Crippen LogP contribution in [0, 0.1) is 13.8 Å². The third-order valence-corrected chi connectivity index (χ3v) is 4.66. The summed E-state index contributed by atoms with van der Waals surface area (Å²) in [6.45, 7) is 4.42. The fourth-order valence-corrected chi connectivity index (χ4v) is 3.39. The minimum absolute atomic E-state index is 0.0168. The molecule has 1 aliphatic rings. The number of likely N-dealkylation sites (tertiary alicyclic amines) is 1. The monoisotopic (exact) mass is 330 g/mol. The number of nitrogens with zero attached hydrogens (tertiary/aromatic N) is 4. The van der Waals surface area contributed by atoms with Crippen LogP contribution in [-0.4, -0.2) is 49.1 Å². The van der Waals surface area contributed by atoms with E-state index in [1.165, 1.54) is 0 Å². The van der Waals surface area contributed by atoms with E-state index in [-0.39, 0.29) is 18.4 Å². The second-order valence-electron chi connectivity index (χ2n) is 6.39. The first-order valence-corrected chi connectivity index (χ1v) is 8.32. The Morgan fingerprint density at radius 3 is 2.88 bits per heavy atom. The lowest BCUT2D eigenvalue weighted by Crippen LogP contribution is -2.44. The summed E-state index contributed by atoms with van der Waals surface area (Å²) in [4.78, 5) is 30.0. The van der Waals surface area contributed by atoms with Gasteiger partial charge in [0.05, 0.1) is 17.0 Å². The number of hydrogen-bond acceptors (Lipinski definition) is 4. The van der Waals surface area contributed by atoms with Gasteiger partial charge in [-0.2, -0.15) is 5.10 Å². The highest BCUT2D eigenvalue weighted by Crippen LogP contribution is 2.24. The van der Waals surface area contributed by atoms with Crippen molar-refractivity contribution in [3.63, 3.8) is 0 Å². The number of aryl methyl sites for hydroxylation is 2. The van der Waals surface area contributed by atoms with Crippen LogP contribution in [0.5, 0.6) is 0 Å². The number of piperidine rings is 1. The Balaban J connectivity index is 1.88. The summed E-state index contributed by atoms with van der Waals surface area (Å²) in [7, 11) is 0. The highest BCUT2D eigenvalue weighted by Gasteiger charge is 2.29. The molecule has 2 aromatic rings. The van der Waals surface area contributed by atoms with Crippen LogP contribution in [0.3, 0.4) is 0 Å². The molecule has 1 saturated heterocycles. The SMILES string of the molecule is Cc1cc2ncc(C(=O)N3CCCCC3CCC(=O)O)c(C)n2n1. The highest BCUT2D eigenvalue weighted by molar-refractivity contribution is 5.95. The van der Waals surface area contributed by atoms with Gasteiger partial charge in [-0.05, 0) is 39.5 Å². The standard InChI is InChI=1S/C17H22N4O3/c1-11-9-15-18-10-14(12(2)21(15)19-11)17(24)20-8-4-3-5-13(20)6-7-16(22)23/h9-10,13H,3-8H2,1-2H3,(H,22,23). The van der Waals surface area contributed by atoms with Gasteiger partial charge in [-0.15, -0.1) is 0 Å². The van der Waals surface area contributed by atoms with E-state index in [2.05, 4.69) is 10.1 Å². The molecule has 1 N–H and O–H groups in total. The third-order valence-electron chi connectivity index (χ3n) is 4.66. The smallest absolute Gasteiger partial charge is 0.303 e. The Bertz CT molecular complexity index is 783. The topological polar surface area (TPSA) is 87.8 Å². The predicted molar refractivity (Wildman–Crippen MR) is 88.0 cm³/mol. The quantitative estimate of drug-likeness (QED) is 0.928. The largest absolute Gasteiger partial charge is 0.481 e. The maximum absolute atomic E-state index is 13.0. The molecular weight excluding hydrogens is 308 g/mol. The first kappa shape index (κ1) is 16.4. The Morgan fingerprint density at radius 2 is 2.12 bits per heavy atom. The van der Waals surface area contributed by atoms with Gasteiger partial charge in [0, 0.05) is 31.3 Å². The molecule has 0 bridgehead atoms. The minimum atomic E-state index is -0.820. The van der Waals surface area contributed by atoms with E-state index < -0.39 is 5.97 Å². The van der Waals surface area contributed by atoms with E-state index in [0.717, 1.165) is 36.3 Å². The van der Waals surface area contributed by atoms with E-state index in [4.69, 9.17) is 5.11 Å². The van der Waals surface area contributed by atoms with Crippen LogP contribution < -0.4 is 0 Å². The molecule has 0 radical (unpaired) electrons. The van der Waals surface area contributed by atoms with Crippen molar-refractivity contribution in [2.75, 3.05) is 6.54 Å². The Labute approximate surface area is 140 Å². The molecule has 0 aliphatic carbocycles. The van der Waals surface area contributed by atoms with E-state index in [1.54, 1.807) is 10.7 Å². The number of hydrogen-bond donors (Lipinski definition) is 1. The van der Waals surface area contributed by atoms with Crippen LogP contribution in [0.4, 0.5) is 0 Å². The van der Waals surface area contributed by atoms with Crippen LogP contribution in [0.1, 0.15) is 53.8 Å². The molecule has 0 saturated carbocycles. The van der Waals surface area contributed by atoms with Crippen molar-refractivity contribution in [3.8, 4) is 0 Å². The van der Waals surface area contributed by atoms with Gasteiger partial charge >= 0.3 is 5.97 Å². The third kappa shape index (κ3) is 3.11. The number of carbonyl (C=O) groups is 2. The molecule has 1 atom stereocenters. The van der Waals surface area contributed by atoms with Crippen LogP contribution in [0.15, 0.2) is 12.3 Å². The average Bonchev–Trinajstić information content (AvgIpc) is 2.94. The zero-order chi connectivity index (χ0) is 17.3. The van der Waals surface area contributed by atoms with E-state index in [1.807, 2.05) is 24.8 Å². The number of carboxylic acid groups (broad SMARTS) is 1. The summed E-state index contributed by atoms with van der Waals surface area (Å²) >= 11 is 0. The summed E-state index contributed by atoms with van der Waals surface area (Å²) in [6, 6.07) is 1.86. The number of rotatable bonds is 4. The number of amides is 1. The second kappa shape index (κ2) is 6.59. The summed E-state index contributed by atoms with van der Waals surface area (Å²) in [5.74, 6) is -0.899. The van der Waals surface area contributed by atoms with Crippen molar-refractivity contribution in [2.45, 2.75) is 52.0 Å². The molecule has 3 heterocycles. The maximum Gasteiger partial charge on any atom is 0.303 e. The van der Waals surface area contributed by atoms with Gasteiger partial charge in [0.15, 0.2) is 5.65 Å². The lowest BCUT2D eigenvalue weighted by Gasteiger charge is -2.36. The molecule has 7 nitrogen and oxygen atoms in total. The van der Waals surface area contributed by atoms with Gasteiger partial charge in [0.25, 0.3) is 5.91 Å². The fourth-order valence-electron chi connectivity index (χ4n) is 3.39. The van der Waals surface area contributed by atoms with Crippen LogP contribution in [-0.2, 0) is 4.79 Å². The zero-order valence-corrected chi connectivity index (χ0v) is 14.0. The van der Waals surface area contributed by atoms with Crippen molar-refractivity contribution in [1.29, 1.82) is 0 Å². The molecule has 1 aliphatic heterocycles. The lowest BCUT2D eigenvalue weighted by atomic mass is 9.97. The molecule has 0 spiro atoms. The highest BCUT2D eigenvalue weighted by atomic mass is 16.4. The van der Waals surface area contributed by atoms with Crippen LogP contribution >= 0.6 is 0 Å². The lowest BCUT2D eigenvalue weighted by molar-refractivity contribution is -0.137. The number of carbonyl (C=O) groups excluding carboxylic acids is 1. The molecular formula is C17H22N4O3. The number of aliphatic carboxylic acids is 1. The number of carboxylic acids is 1. The first-order chi connectivity index (χ1) is 11.5. The van der Waals surface area contributed by atoms with Gasteiger partial charge in [-0.25, -0.2) is 9.50 Å².